The molecule has 1 rings (SSSR count). The Morgan fingerprint density at radius 1 is 1.55 bits per heavy atom. The third-order valence-corrected chi connectivity index (χ3v) is 1.66. The van der Waals surface area contributed by atoms with Crippen LogP contribution in [0.25, 0.3) is 0 Å². The maximum Gasteiger partial charge on any atom is 0.282 e. The number of hydrogen-bond donors (Lipinski definition) is 0. The summed E-state index contributed by atoms with van der Waals surface area (Å²) in [6.07, 6.45) is 1.11. The second-order valence-electron chi connectivity index (χ2n) is 2.86. The molecule has 1 saturated heterocycles. The van der Waals surface area contributed by atoms with E-state index in [4.69, 9.17) is 0 Å². The predicted octanol–water partition coefficient (Wildman–Crippen LogP) is 1.26. The van der Waals surface area contributed by atoms with E-state index in [1.54, 1.807) is 0 Å². The largest absolute Gasteiger partial charge is 0.330 e. The van der Waals surface area contributed by atoms with E-state index in [1.807, 2.05) is 6.92 Å². The molecule has 0 N–H and O–H groups in total. The Morgan fingerprint density at radius 3 is 2.45 bits per heavy atom. The Hall–Kier alpha value is -0.670. The van der Waals surface area contributed by atoms with E-state index in [-0.39, 0.29) is 19.0 Å². The van der Waals surface area contributed by atoms with Crippen LogP contribution in [0.2, 0.25) is 0 Å². The molecule has 0 atom stereocenters. The third-order valence-electron chi connectivity index (χ3n) is 1.66. The minimum Gasteiger partial charge on any atom is -0.330 e. The number of halogens is 2. The van der Waals surface area contributed by atoms with Gasteiger partial charge >= 0.3 is 0 Å². The zero-order chi connectivity index (χ0) is 8.48. The first kappa shape index (κ1) is 8.43. The fourth-order valence-corrected chi connectivity index (χ4v) is 1.06. The molecule has 0 aromatic heterocycles. The van der Waals surface area contributed by atoms with Crippen molar-refractivity contribution in [3.63, 3.8) is 0 Å². The zero-order valence-electron chi connectivity index (χ0n) is 6.44. The lowest BCUT2D eigenvalue weighted by molar-refractivity contribution is -0.165. The second kappa shape index (κ2) is 2.75. The average molecular weight is 163 g/mol. The van der Waals surface area contributed by atoms with E-state index in [0.29, 0.717) is 6.42 Å². The quantitative estimate of drug-likeness (QED) is 0.600. The molecule has 0 aromatic rings. The average Bonchev–Trinajstić information content (AvgIpc) is 1.83. The van der Waals surface area contributed by atoms with E-state index in [1.165, 1.54) is 4.90 Å². The van der Waals surface area contributed by atoms with Crippen LogP contribution in [0.5, 0.6) is 0 Å². The van der Waals surface area contributed by atoms with Crippen molar-refractivity contribution in [3.05, 3.63) is 0 Å². The van der Waals surface area contributed by atoms with Crippen molar-refractivity contribution < 1.29 is 13.6 Å². The molecule has 0 aliphatic carbocycles. The van der Waals surface area contributed by atoms with E-state index in [9.17, 15) is 13.6 Å². The number of hydrogen-bond acceptors (Lipinski definition) is 1. The molecular formula is C7H11F2NO. The normalized spacial score (nSPS) is 21.2. The fourth-order valence-electron chi connectivity index (χ4n) is 1.06. The molecule has 4 heteroatoms. The van der Waals surface area contributed by atoms with Crippen LogP contribution in [-0.4, -0.2) is 29.8 Å². The molecule has 2 nitrogen and oxygen atoms in total. The molecule has 1 aliphatic rings. The molecule has 1 heterocycles. The van der Waals surface area contributed by atoms with Crippen molar-refractivity contribution in [2.45, 2.75) is 25.7 Å². The van der Waals surface area contributed by atoms with E-state index < -0.39 is 5.92 Å². The fraction of sp³-hybridized carbons (Fsp3) is 0.857. The van der Waals surface area contributed by atoms with Gasteiger partial charge in [-0.15, -0.1) is 0 Å². The summed E-state index contributed by atoms with van der Waals surface area (Å²) in [5.74, 6) is -2.78. The van der Waals surface area contributed by atoms with Gasteiger partial charge in [0.05, 0.1) is 13.1 Å². The van der Waals surface area contributed by atoms with Crippen LogP contribution in [0.4, 0.5) is 8.78 Å². The van der Waals surface area contributed by atoms with Crippen LogP contribution < -0.4 is 0 Å². The number of rotatable bonds is 2. The van der Waals surface area contributed by atoms with Gasteiger partial charge in [0, 0.05) is 6.42 Å². The molecule has 0 spiro atoms. The Morgan fingerprint density at radius 2 is 2.09 bits per heavy atom. The highest BCUT2D eigenvalue weighted by Crippen LogP contribution is 2.26. The molecule has 1 amide bonds. The number of nitrogens with zero attached hydrogens (tertiary/aromatic N) is 1. The van der Waals surface area contributed by atoms with Crippen molar-refractivity contribution in [3.8, 4) is 0 Å². The summed E-state index contributed by atoms with van der Waals surface area (Å²) < 4.78 is 24.4. The number of carbonyl (C=O) groups excluding carboxylic acids is 1. The summed E-state index contributed by atoms with van der Waals surface area (Å²) in [6.45, 7) is 1.09. The highest BCUT2D eigenvalue weighted by atomic mass is 19.3. The molecular weight excluding hydrogens is 152 g/mol. The maximum atomic E-state index is 12.2. The minimum absolute atomic E-state index is 0.154. The SMILES string of the molecule is CCCC(=O)N1CC(F)(F)C1. The Kier molecular flexibility index (Phi) is 2.11. The Balaban J connectivity index is 2.27. The molecule has 64 valence electrons. The van der Waals surface area contributed by atoms with Gasteiger partial charge in [0.1, 0.15) is 0 Å². The monoisotopic (exact) mass is 163 g/mol. The lowest BCUT2D eigenvalue weighted by atomic mass is 10.1. The molecule has 11 heavy (non-hydrogen) atoms. The van der Waals surface area contributed by atoms with Gasteiger partial charge < -0.3 is 4.90 Å². The smallest absolute Gasteiger partial charge is 0.282 e. The van der Waals surface area contributed by atoms with Crippen molar-refractivity contribution in [2.75, 3.05) is 13.1 Å². The second-order valence-corrected chi connectivity index (χ2v) is 2.86. The summed E-state index contributed by atoms with van der Waals surface area (Å²) in [4.78, 5) is 12.1. The van der Waals surface area contributed by atoms with Gasteiger partial charge in [-0.1, -0.05) is 6.92 Å². The standard InChI is InChI=1S/C7H11F2NO/c1-2-3-6(11)10-4-7(8,9)5-10/h2-5H2,1H3. The summed E-state index contributed by atoms with van der Waals surface area (Å²) in [5.41, 5.74) is 0. The number of carbonyl (C=O) groups is 1. The number of alkyl halides is 2. The lowest BCUT2D eigenvalue weighted by Crippen LogP contribution is -2.58. The van der Waals surface area contributed by atoms with Crippen LogP contribution in [0.1, 0.15) is 19.8 Å². The summed E-state index contributed by atoms with van der Waals surface area (Å²) in [7, 11) is 0. The molecule has 1 aliphatic heterocycles. The maximum absolute atomic E-state index is 12.2. The summed E-state index contributed by atoms with van der Waals surface area (Å²) in [5, 5.41) is 0. The van der Waals surface area contributed by atoms with E-state index in [2.05, 4.69) is 0 Å². The molecule has 0 radical (unpaired) electrons. The summed E-state index contributed by atoms with van der Waals surface area (Å²) >= 11 is 0. The van der Waals surface area contributed by atoms with Crippen molar-refractivity contribution in [2.24, 2.45) is 0 Å². The van der Waals surface area contributed by atoms with Crippen molar-refractivity contribution >= 4 is 5.91 Å². The van der Waals surface area contributed by atoms with Crippen LogP contribution in [-0.2, 0) is 4.79 Å². The van der Waals surface area contributed by atoms with Gasteiger partial charge in [-0.2, -0.15) is 0 Å². The van der Waals surface area contributed by atoms with Gasteiger partial charge in [-0.05, 0) is 6.42 Å². The molecule has 1 fully saturated rings. The van der Waals surface area contributed by atoms with Crippen molar-refractivity contribution in [1.29, 1.82) is 0 Å². The number of likely N-dealkylation sites (tertiary alicyclic amines) is 1. The third kappa shape index (κ3) is 1.88. The van der Waals surface area contributed by atoms with Gasteiger partial charge in [0.2, 0.25) is 5.91 Å². The molecule has 0 saturated carbocycles. The van der Waals surface area contributed by atoms with Gasteiger partial charge in [-0.3, -0.25) is 4.79 Å². The van der Waals surface area contributed by atoms with Gasteiger partial charge in [-0.25, -0.2) is 8.78 Å². The first-order valence-electron chi connectivity index (χ1n) is 3.71. The van der Waals surface area contributed by atoms with E-state index in [0.717, 1.165) is 6.42 Å². The zero-order valence-corrected chi connectivity index (χ0v) is 6.44. The Labute approximate surface area is 64.2 Å². The van der Waals surface area contributed by atoms with Gasteiger partial charge in [0.25, 0.3) is 5.92 Å². The van der Waals surface area contributed by atoms with Gasteiger partial charge in [0.15, 0.2) is 0 Å². The number of amides is 1. The molecule has 0 bridgehead atoms. The van der Waals surface area contributed by atoms with Crippen LogP contribution >= 0.6 is 0 Å². The van der Waals surface area contributed by atoms with Crippen LogP contribution in [0.3, 0.4) is 0 Å². The minimum atomic E-state index is -2.62. The molecule has 0 aromatic carbocycles. The lowest BCUT2D eigenvalue weighted by Gasteiger charge is -2.38. The van der Waals surface area contributed by atoms with Crippen LogP contribution in [0.15, 0.2) is 0 Å². The highest BCUT2D eigenvalue weighted by molar-refractivity contribution is 5.77. The van der Waals surface area contributed by atoms with E-state index >= 15 is 0 Å². The summed E-state index contributed by atoms with van der Waals surface area (Å²) in [6, 6.07) is 0. The highest BCUT2D eigenvalue weighted by Gasteiger charge is 2.45. The van der Waals surface area contributed by atoms with Crippen LogP contribution in [0, 0.1) is 0 Å². The van der Waals surface area contributed by atoms with Crippen molar-refractivity contribution in [1.82, 2.24) is 4.90 Å². The Bertz CT molecular complexity index is 162. The predicted molar refractivity (Wildman–Crippen MR) is 36.4 cm³/mol. The topological polar surface area (TPSA) is 20.3 Å². The first-order chi connectivity index (χ1) is 5.05. The first-order valence-corrected chi connectivity index (χ1v) is 3.71. The molecule has 0 unspecified atom stereocenters.